The molecule has 0 spiro atoms. The maximum Gasteiger partial charge on any atom is 0.262 e. The zero-order valence-electron chi connectivity index (χ0n) is 14.7. The van der Waals surface area contributed by atoms with Crippen LogP contribution in [0.25, 0.3) is 17.4 Å². The van der Waals surface area contributed by atoms with Crippen LogP contribution >= 0.6 is 11.6 Å². The van der Waals surface area contributed by atoms with Crippen LogP contribution in [0.15, 0.2) is 40.3 Å². The minimum Gasteiger partial charge on any atom is -0.545 e. The number of carbonyl (C=O) groups is 2. The van der Waals surface area contributed by atoms with Crippen LogP contribution < -0.4 is 10.4 Å². The van der Waals surface area contributed by atoms with Crippen molar-refractivity contribution in [3.8, 4) is 17.4 Å². The van der Waals surface area contributed by atoms with Crippen LogP contribution in [0.3, 0.4) is 0 Å². The fourth-order valence-electron chi connectivity index (χ4n) is 2.82. The third-order valence-electron chi connectivity index (χ3n) is 4.26. The zero-order valence-corrected chi connectivity index (χ0v) is 15.5. The van der Waals surface area contributed by atoms with Crippen molar-refractivity contribution in [2.45, 2.75) is 18.9 Å². The molecule has 1 fully saturated rings. The van der Waals surface area contributed by atoms with Crippen LogP contribution in [0.2, 0.25) is 5.02 Å². The molecule has 2 heterocycles. The van der Waals surface area contributed by atoms with Gasteiger partial charge in [0.1, 0.15) is 23.2 Å². The molecule has 0 radical (unpaired) electrons. The standard InChI is InChI=1S/C20H17ClN2O5/c21-17-5-3-12(9-16(17)20(25)26)18-6-4-14(28-18)8-13(10-22)19(24)23-11-15-2-1-7-27-15/h3-6,8-9,15H,1-2,7,11H2,(H,23,24)(H,25,26)/p-1/b13-8-/t15-/m1/s1. The number of amides is 1. The summed E-state index contributed by atoms with van der Waals surface area (Å²) in [4.78, 5) is 23.3. The quantitative estimate of drug-likeness (QED) is 0.587. The van der Waals surface area contributed by atoms with Crippen molar-refractivity contribution in [3.05, 3.63) is 52.3 Å². The molecule has 1 aliphatic rings. The van der Waals surface area contributed by atoms with E-state index in [-0.39, 0.29) is 28.0 Å². The Morgan fingerprint density at radius 2 is 2.18 bits per heavy atom. The van der Waals surface area contributed by atoms with Crippen molar-refractivity contribution < 1.29 is 23.8 Å². The maximum absolute atomic E-state index is 12.2. The van der Waals surface area contributed by atoms with E-state index in [2.05, 4.69) is 5.32 Å². The number of ether oxygens (including phenoxy) is 1. The summed E-state index contributed by atoms with van der Waals surface area (Å²) in [6.07, 6.45) is 3.13. The Labute approximate surface area is 166 Å². The summed E-state index contributed by atoms with van der Waals surface area (Å²) in [6, 6.07) is 9.40. The number of carboxylic acids is 1. The van der Waals surface area contributed by atoms with Gasteiger partial charge in [-0.25, -0.2) is 0 Å². The topological polar surface area (TPSA) is 115 Å². The maximum atomic E-state index is 12.2. The molecule has 1 amide bonds. The molecule has 0 unspecified atom stereocenters. The molecule has 1 saturated heterocycles. The van der Waals surface area contributed by atoms with Gasteiger partial charge in [0.2, 0.25) is 0 Å². The lowest BCUT2D eigenvalue weighted by Gasteiger charge is -2.09. The number of carbonyl (C=O) groups excluding carboxylic acids is 2. The second-order valence-electron chi connectivity index (χ2n) is 6.20. The fourth-order valence-corrected chi connectivity index (χ4v) is 3.01. The van der Waals surface area contributed by atoms with Gasteiger partial charge in [-0.15, -0.1) is 0 Å². The number of carboxylic acid groups (broad SMARTS) is 1. The largest absolute Gasteiger partial charge is 0.545 e. The van der Waals surface area contributed by atoms with Gasteiger partial charge in [0, 0.05) is 35.4 Å². The number of nitrogens with zero attached hydrogens (tertiary/aromatic N) is 1. The van der Waals surface area contributed by atoms with Gasteiger partial charge < -0.3 is 24.4 Å². The van der Waals surface area contributed by atoms with E-state index >= 15 is 0 Å². The van der Waals surface area contributed by atoms with E-state index in [0.29, 0.717) is 24.5 Å². The molecule has 1 aliphatic heterocycles. The molecule has 7 nitrogen and oxygen atoms in total. The number of furan rings is 1. The molecule has 1 N–H and O–H groups in total. The number of halogens is 1. The lowest BCUT2D eigenvalue weighted by atomic mass is 10.1. The van der Waals surface area contributed by atoms with Gasteiger partial charge in [0.25, 0.3) is 5.91 Å². The van der Waals surface area contributed by atoms with Crippen LogP contribution in [0, 0.1) is 11.3 Å². The number of aromatic carboxylic acids is 1. The average Bonchev–Trinajstić information content (AvgIpc) is 3.36. The zero-order chi connectivity index (χ0) is 20.1. The number of benzene rings is 1. The van der Waals surface area contributed by atoms with Gasteiger partial charge in [0.05, 0.1) is 12.1 Å². The minimum atomic E-state index is -1.40. The molecule has 3 rings (SSSR count). The number of hydrogen-bond donors (Lipinski definition) is 1. The molecule has 1 atom stereocenters. The summed E-state index contributed by atoms with van der Waals surface area (Å²) in [6.45, 7) is 1.03. The summed E-state index contributed by atoms with van der Waals surface area (Å²) >= 11 is 5.83. The molecule has 0 aliphatic carbocycles. The van der Waals surface area contributed by atoms with Crippen molar-refractivity contribution >= 4 is 29.6 Å². The van der Waals surface area contributed by atoms with E-state index in [1.165, 1.54) is 18.2 Å². The third-order valence-corrected chi connectivity index (χ3v) is 4.59. The van der Waals surface area contributed by atoms with E-state index in [0.717, 1.165) is 12.8 Å². The van der Waals surface area contributed by atoms with Gasteiger partial charge >= 0.3 is 0 Å². The minimum absolute atomic E-state index is 0.0260. The molecule has 28 heavy (non-hydrogen) atoms. The van der Waals surface area contributed by atoms with E-state index in [4.69, 9.17) is 20.8 Å². The molecule has 1 aromatic carbocycles. The molecule has 2 aromatic rings. The number of rotatable bonds is 6. The highest BCUT2D eigenvalue weighted by atomic mass is 35.5. The van der Waals surface area contributed by atoms with E-state index in [1.54, 1.807) is 18.2 Å². The van der Waals surface area contributed by atoms with Crippen LogP contribution in [0.5, 0.6) is 0 Å². The Morgan fingerprint density at radius 1 is 1.36 bits per heavy atom. The molecule has 144 valence electrons. The lowest BCUT2D eigenvalue weighted by molar-refractivity contribution is -0.255. The summed E-state index contributed by atoms with van der Waals surface area (Å²) in [7, 11) is 0. The Bertz CT molecular complexity index is 967. The first-order valence-corrected chi connectivity index (χ1v) is 8.98. The summed E-state index contributed by atoms with van der Waals surface area (Å²) in [5.41, 5.74) is 0.217. The van der Waals surface area contributed by atoms with Crippen LogP contribution in [0.1, 0.15) is 29.0 Å². The van der Waals surface area contributed by atoms with E-state index < -0.39 is 11.9 Å². The Kier molecular flexibility index (Phi) is 6.14. The highest BCUT2D eigenvalue weighted by Crippen LogP contribution is 2.27. The monoisotopic (exact) mass is 399 g/mol. The van der Waals surface area contributed by atoms with Crippen LogP contribution in [0.4, 0.5) is 0 Å². The van der Waals surface area contributed by atoms with Gasteiger partial charge in [0.15, 0.2) is 0 Å². The van der Waals surface area contributed by atoms with Gasteiger partial charge in [-0.05, 0) is 43.2 Å². The van der Waals surface area contributed by atoms with Crippen LogP contribution in [-0.4, -0.2) is 31.1 Å². The molecule has 0 bridgehead atoms. The first-order chi connectivity index (χ1) is 13.5. The second kappa shape index (κ2) is 8.74. The summed E-state index contributed by atoms with van der Waals surface area (Å²) < 4.78 is 11.0. The highest BCUT2D eigenvalue weighted by molar-refractivity contribution is 6.33. The highest BCUT2D eigenvalue weighted by Gasteiger charge is 2.18. The molecule has 1 aromatic heterocycles. The fraction of sp³-hybridized carbons (Fsp3) is 0.250. The molecule has 0 saturated carbocycles. The van der Waals surface area contributed by atoms with Crippen molar-refractivity contribution in [3.63, 3.8) is 0 Å². The third kappa shape index (κ3) is 4.60. The molecule has 8 heteroatoms. The van der Waals surface area contributed by atoms with Crippen molar-refractivity contribution in [2.75, 3.05) is 13.2 Å². The van der Waals surface area contributed by atoms with Gasteiger partial charge in [-0.3, -0.25) is 4.79 Å². The Balaban J connectivity index is 1.74. The second-order valence-corrected chi connectivity index (χ2v) is 6.61. The van der Waals surface area contributed by atoms with E-state index in [1.807, 2.05) is 6.07 Å². The Morgan fingerprint density at radius 3 is 2.86 bits per heavy atom. The molecular formula is C20H16ClN2O5-. The van der Waals surface area contributed by atoms with Crippen LogP contribution in [-0.2, 0) is 9.53 Å². The predicted molar refractivity (Wildman–Crippen MR) is 99.1 cm³/mol. The molecular weight excluding hydrogens is 384 g/mol. The van der Waals surface area contributed by atoms with Crippen molar-refractivity contribution in [1.29, 1.82) is 5.26 Å². The predicted octanol–water partition coefficient (Wildman–Crippen LogP) is 2.17. The smallest absolute Gasteiger partial charge is 0.262 e. The number of hydrogen-bond acceptors (Lipinski definition) is 6. The first-order valence-electron chi connectivity index (χ1n) is 8.60. The van der Waals surface area contributed by atoms with Gasteiger partial charge in [-0.1, -0.05) is 11.6 Å². The average molecular weight is 400 g/mol. The van der Waals surface area contributed by atoms with Crippen molar-refractivity contribution in [2.24, 2.45) is 0 Å². The summed E-state index contributed by atoms with van der Waals surface area (Å²) in [5.74, 6) is -1.26. The number of nitriles is 1. The van der Waals surface area contributed by atoms with Gasteiger partial charge in [-0.2, -0.15) is 5.26 Å². The van der Waals surface area contributed by atoms with Crippen molar-refractivity contribution in [1.82, 2.24) is 5.32 Å². The van der Waals surface area contributed by atoms with E-state index in [9.17, 15) is 20.0 Å². The Hall–Kier alpha value is -3.08. The lowest BCUT2D eigenvalue weighted by Crippen LogP contribution is -2.32. The normalized spacial score (nSPS) is 16.6. The first kappa shape index (κ1) is 19.7. The number of nitrogens with one attached hydrogen (secondary N) is 1. The SMILES string of the molecule is N#C/C(=C/c1ccc(-c2ccc(Cl)c(C(=O)[O-])c2)o1)C(=O)NC[C@H]1CCCO1. The summed E-state index contributed by atoms with van der Waals surface area (Å²) in [5, 5.41) is 23.1.